The highest BCUT2D eigenvalue weighted by molar-refractivity contribution is 8.01. The van der Waals surface area contributed by atoms with Gasteiger partial charge in [0.1, 0.15) is 5.76 Å². The molecule has 0 aromatic carbocycles. The van der Waals surface area contributed by atoms with E-state index in [1.54, 1.807) is 12.3 Å². The Morgan fingerprint density at radius 3 is 3.00 bits per heavy atom. The second-order valence-electron chi connectivity index (χ2n) is 6.65. The van der Waals surface area contributed by atoms with E-state index in [0.717, 1.165) is 37.8 Å². The third kappa shape index (κ3) is 2.61. The first-order valence-corrected chi connectivity index (χ1v) is 8.73. The lowest BCUT2D eigenvalue weighted by Gasteiger charge is -2.47. The first kappa shape index (κ1) is 13.7. The number of thioether (sulfide) groups is 1. The Hall–Kier alpha value is -0.940. The van der Waals surface area contributed by atoms with Crippen LogP contribution in [0.3, 0.4) is 0 Å². The first-order valence-electron chi connectivity index (χ1n) is 7.74. The highest BCUT2D eigenvalue weighted by Gasteiger charge is 2.51. The van der Waals surface area contributed by atoms with E-state index in [9.17, 15) is 4.79 Å². The molecule has 0 bridgehead atoms. The molecule has 1 aromatic heterocycles. The van der Waals surface area contributed by atoms with Gasteiger partial charge < -0.3 is 14.1 Å². The smallest absolute Gasteiger partial charge is 0.257 e. The molecule has 114 valence electrons. The van der Waals surface area contributed by atoms with Gasteiger partial charge in [0.25, 0.3) is 5.91 Å². The number of rotatable bonds is 4. The number of amides is 1. The third-order valence-electron chi connectivity index (χ3n) is 4.77. The number of likely N-dealkylation sites (tertiary alicyclic amines) is 1. The minimum absolute atomic E-state index is 0.106. The summed E-state index contributed by atoms with van der Waals surface area (Å²) in [5.74, 6) is 2.73. The number of carbonyl (C=O) groups is 1. The maximum absolute atomic E-state index is 12.4. The monoisotopic (exact) mass is 307 g/mol. The Kier molecular flexibility index (Phi) is 3.30. The number of furan rings is 1. The van der Waals surface area contributed by atoms with E-state index in [-0.39, 0.29) is 10.7 Å². The molecule has 0 N–H and O–H groups in total. The Labute approximate surface area is 129 Å². The lowest BCUT2D eigenvalue weighted by atomic mass is 9.92. The van der Waals surface area contributed by atoms with Crippen LogP contribution in [0.2, 0.25) is 0 Å². The van der Waals surface area contributed by atoms with Crippen LogP contribution in [0.25, 0.3) is 0 Å². The molecule has 1 spiro atoms. The minimum atomic E-state index is 0.106. The van der Waals surface area contributed by atoms with E-state index in [0.29, 0.717) is 17.4 Å². The fourth-order valence-corrected chi connectivity index (χ4v) is 4.81. The largest absolute Gasteiger partial charge is 0.469 e. The van der Waals surface area contributed by atoms with Crippen molar-refractivity contribution in [1.29, 1.82) is 0 Å². The first-order chi connectivity index (χ1) is 10.2. The predicted molar refractivity (Wildman–Crippen MR) is 81.6 cm³/mol. The van der Waals surface area contributed by atoms with Crippen LogP contribution in [0, 0.1) is 12.8 Å². The van der Waals surface area contributed by atoms with Gasteiger partial charge in [0, 0.05) is 25.4 Å². The summed E-state index contributed by atoms with van der Waals surface area (Å²) in [7, 11) is 0. The van der Waals surface area contributed by atoms with Crippen LogP contribution in [0.4, 0.5) is 0 Å². The van der Waals surface area contributed by atoms with Crippen molar-refractivity contribution in [2.45, 2.75) is 37.0 Å². The van der Waals surface area contributed by atoms with Crippen molar-refractivity contribution < 1.29 is 13.9 Å². The van der Waals surface area contributed by atoms with Crippen LogP contribution < -0.4 is 0 Å². The predicted octanol–water partition coefficient (Wildman–Crippen LogP) is 2.71. The second kappa shape index (κ2) is 5.06. The molecule has 4 nitrogen and oxygen atoms in total. The van der Waals surface area contributed by atoms with Crippen LogP contribution in [-0.2, 0) is 4.74 Å². The van der Waals surface area contributed by atoms with E-state index in [1.165, 1.54) is 12.8 Å². The topological polar surface area (TPSA) is 42.7 Å². The lowest BCUT2D eigenvalue weighted by molar-refractivity contribution is 0.0286. The van der Waals surface area contributed by atoms with E-state index in [4.69, 9.17) is 9.15 Å². The van der Waals surface area contributed by atoms with Crippen molar-refractivity contribution in [2.24, 2.45) is 5.92 Å². The summed E-state index contributed by atoms with van der Waals surface area (Å²) < 4.78 is 11.5. The Morgan fingerprint density at radius 2 is 2.33 bits per heavy atom. The molecule has 5 heteroatoms. The van der Waals surface area contributed by atoms with Gasteiger partial charge in [-0.2, -0.15) is 0 Å². The molecule has 1 aromatic rings. The van der Waals surface area contributed by atoms with Gasteiger partial charge >= 0.3 is 0 Å². The number of aryl methyl sites for hydroxylation is 1. The molecule has 4 rings (SSSR count). The summed E-state index contributed by atoms with van der Waals surface area (Å²) >= 11 is 1.99. The van der Waals surface area contributed by atoms with Crippen LogP contribution in [0.5, 0.6) is 0 Å². The summed E-state index contributed by atoms with van der Waals surface area (Å²) in [5, 5.41) is 0. The molecular formula is C16H21NO3S. The summed E-state index contributed by atoms with van der Waals surface area (Å²) in [6.07, 6.45) is 5.76. The maximum atomic E-state index is 12.4. The maximum Gasteiger partial charge on any atom is 0.257 e. The van der Waals surface area contributed by atoms with Crippen LogP contribution in [0.15, 0.2) is 16.7 Å². The molecule has 1 aliphatic carbocycles. The fraction of sp³-hybridized carbons (Fsp3) is 0.688. The molecule has 0 radical (unpaired) electrons. The molecule has 1 atom stereocenters. The SMILES string of the molecule is Cc1occc1C(=O)N1CC2(CC(OCC3CC3)CS2)C1. The highest BCUT2D eigenvalue weighted by Crippen LogP contribution is 2.46. The van der Waals surface area contributed by atoms with Gasteiger partial charge in [0.15, 0.2) is 0 Å². The van der Waals surface area contributed by atoms with Crippen molar-refractivity contribution >= 4 is 17.7 Å². The summed E-state index contributed by atoms with van der Waals surface area (Å²) in [6.45, 7) is 4.49. The van der Waals surface area contributed by atoms with Crippen molar-refractivity contribution in [2.75, 3.05) is 25.4 Å². The highest BCUT2D eigenvalue weighted by atomic mass is 32.2. The van der Waals surface area contributed by atoms with Crippen molar-refractivity contribution in [3.05, 3.63) is 23.7 Å². The summed E-state index contributed by atoms with van der Waals surface area (Å²) in [4.78, 5) is 14.3. The zero-order valence-electron chi connectivity index (χ0n) is 12.3. The Balaban J connectivity index is 1.30. The number of hydrogen-bond donors (Lipinski definition) is 0. The molecule has 2 saturated heterocycles. The normalized spacial score (nSPS) is 27.1. The third-order valence-corrected chi connectivity index (χ3v) is 6.35. The lowest BCUT2D eigenvalue weighted by Crippen LogP contribution is -2.60. The molecule has 3 fully saturated rings. The average Bonchev–Trinajstić information content (AvgIpc) is 3.00. The molecule has 3 heterocycles. The Bertz CT molecular complexity index is 545. The number of nitrogens with zero attached hydrogens (tertiary/aromatic N) is 1. The van der Waals surface area contributed by atoms with Crippen molar-refractivity contribution in [3.8, 4) is 0 Å². The van der Waals surface area contributed by atoms with Gasteiger partial charge in [0.2, 0.25) is 0 Å². The van der Waals surface area contributed by atoms with Gasteiger partial charge in [-0.25, -0.2) is 0 Å². The number of carbonyl (C=O) groups excluding carboxylic acids is 1. The zero-order valence-corrected chi connectivity index (χ0v) is 13.2. The minimum Gasteiger partial charge on any atom is -0.469 e. The van der Waals surface area contributed by atoms with Crippen LogP contribution in [0.1, 0.15) is 35.4 Å². The molecule has 1 unspecified atom stereocenters. The standard InChI is InChI=1S/C16H21NO3S/c1-11-14(4-5-19-11)15(18)17-9-16(10-17)6-13(8-21-16)20-7-12-2-3-12/h4-5,12-13H,2-3,6-10H2,1H3. The molecule has 2 aliphatic heterocycles. The molecule has 3 aliphatic rings. The van der Waals surface area contributed by atoms with E-state index in [2.05, 4.69) is 0 Å². The van der Waals surface area contributed by atoms with E-state index < -0.39 is 0 Å². The molecule has 21 heavy (non-hydrogen) atoms. The van der Waals surface area contributed by atoms with E-state index in [1.807, 2.05) is 23.6 Å². The number of ether oxygens (including phenoxy) is 1. The van der Waals surface area contributed by atoms with Crippen molar-refractivity contribution in [1.82, 2.24) is 4.90 Å². The van der Waals surface area contributed by atoms with Gasteiger partial charge in [-0.15, -0.1) is 11.8 Å². The van der Waals surface area contributed by atoms with Crippen LogP contribution in [-0.4, -0.2) is 47.1 Å². The molecular weight excluding hydrogens is 286 g/mol. The van der Waals surface area contributed by atoms with Gasteiger partial charge in [-0.3, -0.25) is 4.79 Å². The van der Waals surface area contributed by atoms with E-state index >= 15 is 0 Å². The summed E-state index contributed by atoms with van der Waals surface area (Å²) in [5.41, 5.74) is 0.703. The van der Waals surface area contributed by atoms with Gasteiger partial charge in [0.05, 0.1) is 22.7 Å². The summed E-state index contributed by atoms with van der Waals surface area (Å²) in [6, 6.07) is 1.77. The van der Waals surface area contributed by atoms with Gasteiger partial charge in [-0.1, -0.05) is 0 Å². The van der Waals surface area contributed by atoms with Crippen LogP contribution >= 0.6 is 11.8 Å². The average molecular weight is 307 g/mol. The molecule has 1 amide bonds. The zero-order chi connectivity index (χ0) is 14.4. The molecule has 1 saturated carbocycles. The van der Waals surface area contributed by atoms with Gasteiger partial charge in [-0.05, 0) is 38.2 Å². The number of hydrogen-bond acceptors (Lipinski definition) is 4. The quantitative estimate of drug-likeness (QED) is 0.858. The fourth-order valence-electron chi connectivity index (χ4n) is 3.26. The second-order valence-corrected chi connectivity index (χ2v) is 8.14. The Morgan fingerprint density at radius 1 is 1.52 bits per heavy atom. The van der Waals surface area contributed by atoms with Crippen molar-refractivity contribution in [3.63, 3.8) is 0 Å².